The normalized spacial score (nSPS) is 10.3. The summed E-state index contributed by atoms with van der Waals surface area (Å²) in [6, 6.07) is 4.56. The first-order chi connectivity index (χ1) is 7.26. The molecule has 2 rings (SSSR count). The van der Waals surface area contributed by atoms with Gasteiger partial charge in [-0.3, -0.25) is 4.98 Å². The number of fused-ring (bicyclic) bond motifs is 1. The number of halogens is 1. The largest absolute Gasteiger partial charge is 0.494 e. The number of methoxy groups -OCH3 is 1. The van der Waals surface area contributed by atoms with Crippen LogP contribution in [-0.2, 0) is 0 Å². The Kier molecular flexibility index (Phi) is 2.41. The Morgan fingerprint density at radius 3 is 2.87 bits per heavy atom. The average Bonchev–Trinajstić information content (AvgIpc) is 2.27. The van der Waals surface area contributed by atoms with Crippen LogP contribution in [0.5, 0.6) is 5.75 Å². The topological polar surface area (TPSA) is 34.2 Å². The van der Waals surface area contributed by atoms with E-state index in [1.165, 1.54) is 19.2 Å². The fourth-order valence-corrected chi connectivity index (χ4v) is 1.56. The fraction of sp³-hybridized carbons (Fsp3) is 0.182. The Bertz CT molecular complexity index is 499. The van der Waals surface area contributed by atoms with E-state index in [1.807, 2.05) is 0 Å². The molecular weight excluding hydrogens is 195 g/mol. The first kappa shape index (κ1) is 9.71. The molecule has 1 aromatic carbocycles. The van der Waals surface area contributed by atoms with Crippen molar-refractivity contribution in [1.29, 1.82) is 0 Å². The molecule has 0 spiro atoms. The van der Waals surface area contributed by atoms with Crippen LogP contribution in [-0.4, -0.2) is 19.1 Å². The van der Waals surface area contributed by atoms with Crippen molar-refractivity contribution in [3.8, 4) is 5.75 Å². The first-order valence-electron chi connectivity index (χ1n) is 4.56. The maximum absolute atomic E-state index is 13.3. The Morgan fingerprint density at radius 1 is 1.40 bits per heavy atom. The number of pyridine rings is 1. The van der Waals surface area contributed by atoms with Gasteiger partial charge in [0, 0.05) is 30.4 Å². The SMILES string of the molecule is CNc1ccnc2c(OC)cc(F)cc12. The fourth-order valence-electron chi connectivity index (χ4n) is 1.56. The molecular formula is C11H11FN2O. The van der Waals surface area contributed by atoms with Crippen molar-refractivity contribution in [3.05, 3.63) is 30.2 Å². The molecule has 1 aromatic heterocycles. The van der Waals surface area contributed by atoms with E-state index in [1.54, 1.807) is 19.3 Å². The van der Waals surface area contributed by atoms with Crippen LogP contribution in [0.2, 0.25) is 0 Å². The maximum Gasteiger partial charge on any atom is 0.148 e. The number of hydrogen-bond acceptors (Lipinski definition) is 3. The maximum atomic E-state index is 13.3. The highest BCUT2D eigenvalue weighted by molar-refractivity contribution is 5.94. The van der Waals surface area contributed by atoms with E-state index in [4.69, 9.17) is 4.74 Å². The van der Waals surface area contributed by atoms with Crippen LogP contribution < -0.4 is 10.1 Å². The zero-order chi connectivity index (χ0) is 10.8. The molecule has 0 saturated heterocycles. The lowest BCUT2D eigenvalue weighted by atomic mass is 10.1. The summed E-state index contributed by atoms with van der Waals surface area (Å²) in [4.78, 5) is 4.17. The summed E-state index contributed by atoms with van der Waals surface area (Å²) >= 11 is 0. The van der Waals surface area contributed by atoms with E-state index in [-0.39, 0.29) is 5.82 Å². The van der Waals surface area contributed by atoms with Crippen LogP contribution in [0, 0.1) is 5.82 Å². The highest BCUT2D eigenvalue weighted by Crippen LogP contribution is 2.29. The number of nitrogens with one attached hydrogen (secondary N) is 1. The molecule has 1 N–H and O–H groups in total. The van der Waals surface area contributed by atoms with E-state index in [9.17, 15) is 4.39 Å². The molecule has 3 nitrogen and oxygen atoms in total. The molecule has 0 saturated carbocycles. The zero-order valence-corrected chi connectivity index (χ0v) is 8.54. The molecule has 0 bridgehead atoms. The van der Waals surface area contributed by atoms with Gasteiger partial charge in [0.25, 0.3) is 0 Å². The molecule has 0 atom stereocenters. The van der Waals surface area contributed by atoms with Gasteiger partial charge < -0.3 is 10.1 Å². The zero-order valence-electron chi connectivity index (χ0n) is 8.54. The molecule has 0 fully saturated rings. The lowest BCUT2D eigenvalue weighted by Gasteiger charge is -2.08. The molecule has 0 aliphatic heterocycles. The Balaban J connectivity index is 2.82. The molecule has 1 heterocycles. The van der Waals surface area contributed by atoms with Gasteiger partial charge in [0.05, 0.1) is 7.11 Å². The van der Waals surface area contributed by atoms with Crippen LogP contribution >= 0.6 is 0 Å². The Hall–Kier alpha value is -1.84. The second kappa shape index (κ2) is 3.73. The summed E-state index contributed by atoms with van der Waals surface area (Å²) < 4.78 is 18.3. The van der Waals surface area contributed by atoms with Crippen LogP contribution in [0.15, 0.2) is 24.4 Å². The second-order valence-electron chi connectivity index (χ2n) is 3.11. The van der Waals surface area contributed by atoms with Crippen molar-refractivity contribution < 1.29 is 9.13 Å². The minimum atomic E-state index is -0.330. The summed E-state index contributed by atoms with van der Waals surface area (Å²) in [5.74, 6) is 0.117. The number of rotatable bonds is 2. The van der Waals surface area contributed by atoms with Gasteiger partial charge in [-0.05, 0) is 12.1 Å². The second-order valence-corrected chi connectivity index (χ2v) is 3.11. The molecule has 0 aliphatic carbocycles. The molecule has 15 heavy (non-hydrogen) atoms. The summed E-state index contributed by atoms with van der Waals surface area (Å²) in [7, 11) is 3.29. The predicted molar refractivity (Wildman–Crippen MR) is 57.8 cm³/mol. The van der Waals surface area contributed by atoms with Gasteiger partial charge in [0.15, 0.2) is 0 Å². The van der Waals surface area contributed by atoms with Crippen LogP contribution in [0.3, 0.4) is 0 Å². The standard InChI is InChI=1S/C11H11FN2O/c1-13-9-3-4-14-11-8(9)5-7(12)6-10(11)15-2/h3-6H,1-2H3,(H,13,14). The minimum absolute atomic E-state index is 0.330. The molecule has 0 radical (unpaired) electrons. The third kappa shape index (κ3) is 1.58. The lowest BCUT2D eigenvalue weighted by molar-refractivity contribution is 0.415. The average molecular weight is 206 g/mol. The van der Waals surface area contributed by atoms with Crippen molar-refractivity contribution in [3.63, 3.8) is 0 Å². The van der Waals surface area contributed by atoms with Gasteiger partial charge in [0.1, 0.15) is 17.1 Å². The highest BCUT2D eigenvalue weighted by Gasteiger charge is 2.08. The van der Waals surface area contributed by atoms with Crippen LogP contribution in [0.25, 0.3) is 10.9 Å². The van der Waals surface area contributed by atoms with Crippen LogP contribution in [0.4, 0.5) is 10.1 Å². The van der Waals surface area contributed by atoms with E-state index in [0.717, 1.165) is 11.1 Å². The highest BCUT2D eigenvalue weighted by atomic mass is 19.1. The Morgan fingerprint density at radius 2 is 2.20 bits per heavy atom. The predicted octanol–water partition coefficient (Wildman–Crippen LogP) is 2.42. The van der Waals surface area contributed by atoms with Gasteiger partial charge in [-0.25, -0.2) is 4.39 Å². The summed E-state index contributed by atoms with van der Waals surface area (Å²) in [5, 5.41) is 3.71. The number of ether oxygens (including phenoxy) is 1. The van der Waals surface area contributed by atoms with Crippen LogP contribution in [0.1, 0.15) is 0 Å². The molecule has 78 valence electrons. The van der Waals surface area contributed by atoms with E-state index in [0.29, 0.717) is 11.3 Å². The quantitative estimate of drug-likeness (QED) is 0.819. The first-order valence-corrected chi connectivity index (χ1v) is 4.56. The lowest BCUT2D eigenvalue weighted by Crippen LogP contribution is -1.94. The summed E-state index contributed by atoms with van der Waals surface area (Å²) in [6.07, 6.45) is 1.66. The molecule has 4 heteroatoms. The van der Waals surface area contributed by atoms with Gasteiger partial charge in [-0.1, -0.05) is 0 Å². The molecule has 0 amide bonds. The van der Waals surface area contributed by atoms with Gasteiger partial charge in [-0.2, -0.15) is 0 Å². The van der Waals surface area contributed by atoms with Crippen molar-refractivity contribution >= 4 is 16.6 Å². The van der Waals surface area contributed by atoms with Gasteiger partial charge in [0.2, 0.25) is 0 Å². The van der Waals surface area contributed by atoms with Crippen molar-refractivity contribution in [2.45, 2.75) is 0 Å². The number of hydrogen-bond donors (Lipinski definition) is 1. The van der Waals surface area contributed by atoms with Crippen molar-refractivity contribution in [2.75, 3.05) is 19.5 Å². The third-order valence-electron chi connectivity index (χ3n) is 2.26. The molecule has 0 aliphatic rings. The molecule has 2 aromatic rings. The van der Waals surface area contributed by atoms with E-state index < -0.39 is 0 Å². The number of benzene rings is 1. The number of nitrogens with zero attached hydrogens (tertiary/aromatic N) is 1. The smallest absolute Gasteiger partial charge is 0.148 e. The van der Waals surface area contributed by atoms with E-state index in [2.05, 4.69) is 10.3 Å². The number of aromatic nitrogens is 1. The van der Waals surface area contributed by atoms with E-state index >= 15 is 0 Å². The Labute approximate surface area is 86.9 Å². The van der Waals surface area contributed by atoms with Crippen molar-refractivity contribution in [2.24, 2.45) is 0 Å². The molecule has 0 unspecified atom stereocenters. The monoisotopic (exact) mass is 206 g/mol. The van der Waals surface area contributed by atoms with Gasteiger partial charge in [-0.15, -0.1) is 0 Å². The number of anilines is 1. The van der Waals surface area contributed by atoms with Crippen molar-refractivity contribution in [1.82, 2.24) is 4.98 Å². The third-order valence-corrected chi connectivity index (χ3v) is 2.26. The van der Waals surface area contributed by atoms with Gasteiger partial charge >= 0.3 is 0 Å². The minimum Gasteiger partial charge on any atom is -0.494 e. The summed E-state index contributed by atoms with van der Waals surface area (Å²) in [5.41, 5.74) is 1.49. The summed E-state index contributed by atoms with van der Waals surface area (Å²) in [6.45, 7) is 0.